The third-order valence-corrected chi connectivity index (χ3v) is 2.94. The Balaban J connectivity index is 0.000000325. The van der Waals surface area contributed by atoms with Crippen molar-refractivity contribution in [3.8, 4) is 0 Å². The molecule has 0 amide bonds. The van der Waals surface area contributed by atoms with Crippen molar-refractivity contribution in [3.05, 3.63) is 18.7 Å². The molecule has 0 atom stereocenters. The van der Waals surface area contributed by atoms with Crippen molar-refractivity contribution in [1.29, 1.82) is 0 Å². The van der Waals surface area contributed by atoms with Gasteiger partial charge in [0.05, 0.1) is 13.6 Å². The van der Waals surface area contributed by atoms with Crippen molar-refractivity contribution in [2.24, 2.45) is 7.05 Å². The van der Waals surface area contributed by atoms with Gasteiger partial charge in [-0.05, 0) is 6.42 Å². The first kappa shape index (κ1) is 16.3. The summed E-state index contributed by atoms with van der Waals surface area (Å²) in [5.41, 5.74) is 0. The van der Waals surface area contributed by atoms with Crippen LogP contribution in [0.15, 0.2) is 18.7 Å². The maximum Gasteiger partial charge on any atom is 0.267 e. The van der Waals surface area contributed by atoms with E-state index in [-0.39, 0.29) is 0 Å². The molecule has 100 valence electrons. The van der Waals surface area contributed by atoms with Crippen LogP contribution in [0.1, 0.15) is 19.8 Å². The quantitative estimate of drug-likeness (QED) is 0.584. The van der Waals surface area contributed by atoms with Gasteiger partial charge in [-0.3, -0.25) is 4.57 Å². The van der Waals surface area contributed by atoms with E-state index in [1.807, 2.05) is 7.05 Å². The number of hydrogen-bond donors (Lipinski definition) is 0. The van der Waals surface area contributed by atoms with Crippen molar-refractivity contribution in [2.75, 3.05) is 14.2 Å². The molecule has 17 heavy (non-hydrogen) atoms. The Kier molecular flexibility index (Phi) is 8.08. The molecule has 0 N–H and O–H groups in total. The van der Waals surface area contributed by atoms with Gasteiger partial charge in [-0.2, -0.15) is 0 Å². The molecule has 0 aliphatic heterocycles. The molecule has 0 bridgehead atoms. The summed E-state index contributed by atoms with van der Waals surface area (Å²) in [5, 5.41) is 0. The van der Waals surface area contributed by atoms with Crippen LogP contribution >= 0.6 is 7.82 Å². The second kappa shape index (κ2) is 8.42. The van der Waals surface area contributed by atoms with E-state index < -0.39 is 7.82 Å². The molecular weight excluding hydrogens is 243 g/mol. The third kappa shape index (κ3) is 8.10. The highest BCUT2D eigenvalue weighted by Crippen LogP contribution is 2.34. The number of imidazole rings is 1. The first-order chi connectivity index (χ1) is 7.95. The van der Waals surface area contributed by atoms with Crippen LogP contribution in [0.4, 0.5) is 0 Å². The summed E-state index contributed by atoms with van der Waals surface area (Å²) in [7, 11) is 0.218. The molecule has 0 fully saturated rings. The summed E-state index contributed by atoms with van der Waals surface area (Å²) in [6, 6.07) is 0. The summed E-state index contributed by atoms with van der Waals surface area (Å²) in [6.07, 6.45) is 8.82. The van der Waals surface area contributed by atoms with Gasteiger partial charge >= 0.3 is 0 Å². The summed E-state index contributed by atoms with van der Waals surface area (Å²) in [5.74, 6) is 0. The lowest BCUT2D eigenvalue weighted by atomic mass is 10.3. The zero-order valence-electron chi connectivity index (χ0n) is 10.8. The van der Waals surface area contributed by atoms with Crippen molar-refractivity contribution >= 4 is 7.82 Å². The Bertz CT molecular complexity index is 346. The number of hydrogen-bond acceptors (Lipinski definition) is 4. The molecule has 1 aromatic heterocycles. The molecule has 6 nitrogen and oxygen atoms in total. The summed E-state index contributed by atoms with van der Waals surface area (Å²) in [6.45, 7) is 3.36. The molecule has 0 unspecified atom stereocenters. The number of rotatable bonds is 5. The predicted molar refractivity (Wildman–Crippen MR) is 62.1 cm³/mol. The molecule has 0 aliphatic carbocycles. The van der Waals surface area contributed by atoms with Gasteiger partial charge in [0.2, 0.25) is 6.33 Å². The van der Waals surface area contributed by atoms with Crippen molar-refractivity contribution < 1.29 is 23.1 Å². The highest BCUT2D eigenvalue weighted by molar-refractivity contribution is 7.45. The normalized spacial score (nSPS) is 10.9. The van der Waals surface area contributed by atoms with Crippen LogP contribution in [0.5, 0.6) is 0 Å². The van der Waals surface area contributed by atoms with Gasteiger partial charge in [-0.25, -0.2) is 9.13 Å². The maximum atomic E-state index is 9.95. The van der Waals surface area contributed by atoms with Gasteiger partial charge in [0.1, 0.15) is 12.4 Å². The van der Waals surface area contributed by atoms with Crippen LogP contribution in [-0.2, 0) is 27.2 Å². The molecular formula is C10H21N2O4P. The Morgan fingerprint density at radius 1 is 1.41 bits per heavy atom. The average Bonchev–Trinajstić information content (AvgIpc) is 2.73. The van der Waals surface area contributed by atoms with Crippen LogP contribution in [-0.4, -0.2) is 18.8 Å². The first-order valence-electron chi connectivity index (χ1n) is 5.38. The number of unbranched alkanes of at least 4 members (excludes halogenated alkanes) is 1. The van der Waals surface area contributed by atoms with Gasteiger partial charge in [0, 0.05) is 14.2 Å². The Morgan fingerprint density at radius 3 is 2.29 bits per heavy atom. The summed E-state index contributed by atoms with van der Waals surface area (Å²) in [4.78, 5) is 9.95. The smallest absolute Gasteiger partial charge is 0.267 e. The zero-order chi connectivity index (χ0) is 13.3. The van der Waals surface area contributed by atoms with Crippen molar-refractivity contribution in [3.63, 3.8) is 0 Å². The highest BCUT2D eigenvalue weighted by atomic mass is 31.2. The Labute approximate surface area is 102 Å². The van der Waals surface area contributed by atoms with Gasteiger partial charge < -0.3 is 13.9 Å². The third-order valence-electron chi connectivity index (χ3n) is 2.04. The lowest BCUT2D eigenvalue weighted by molar-refractivity contribution is -0.671. The van der Waals surface area contributed by atoms with Crippen molar-refractivity contribution in [1.82, 2.24) is 4.57 Å². The average molecular weight is 264 g/mol. The van der Waals surface area contributed by atoms with Crippen LogP contribution in [0.25, 0.3) is 0 Å². The fourth-order valence-corrected chi connectivity index (χ4v) is 1.20. The predicted octanol–water partition coefficient (Wildman–Crippen LogP) is 0.860. The van der Waals surface area contributed by atoms with Gasteiger partial charge in [-0.15, -0.1) is 0 Å². The second-order valence-corrected chi connectivity index (χ2v) is 5.11. The van der Waals surface area contributed by atoms with Crippen LogP contribution in [0.2, 0.25) is 0 Å². The lowest BCUT2D eigenvalue weighted by Crippen LogP contribution is -2.23. The molecule has 0 aliphatic rings. The Morgan fingerprint density at radius 2 is 2.00 bits per heavy atom. The van der Waals surface area contributed by atoms with E-state index in [0.29, 0.717) is 0 Å². The molecule has 1 rings (SSSR count). The molecule has 0 spiro atoms. The monoisotopic (exact) mass is 264 g/mol. The maximum absolute atomic E-state index is 9.95. The summed E-state index contributed by atoms with van der Waals surface area (Å²) < 4.78 is 22.0. The first-order valence-corrected chi connectivity index (χ1v) is 6.84. The van der Waals surface area contributed by atoms with E-state index in [1.54, 1.807) is 0 Å². The van der Waals surface area contributed by atoms with E-state index in [0.717, 1.165) is 20.8 Å². The molecule has 7 heteroatoms. The van der Waals surface area contributed by atoms with E-state index in [9.17, 15) is 9.46 Å². The number of phosphoric ester groups is 1. The minimum Gasteiger partial charge on any atom is -0.756 e. The van der Waals surface area contributed by atoms with Crippen LogP contribution < -0.4 is 9.46 Å². The number of aromatic nitrogens is 2. The minimum atomic E-state index is -3.90. The topological polar surface area (TPSA) is 67.4 Å². The largest absolute Gasteiger partial charge is 0.756 e. The number of nitrogens with zero attached hydrogens (tertiary/aromatic N) is 2. The van der Waals surface area contributed by atoms with Gasteiger partial charge in [-0.1, -0.05) is 13.3 Å². The minimum absolute atomic E-state index is 1.04. The molecule has 1 aromatic rings. The van der Waals surface area contributed by atoms with Crippen molar-refractivity contribution in [2.45, 2.75) is 26.3 Å². The van der Waals surface area contributed by atoms with E-state index in [4.69, 9.17) is 0 Å². The molecule has 0 aromatic carbocycles. The highest BCUT2D eigenvalue weighted by Gasteiger charge is 1.98. The summed E-state index contributed by atoms with van der Waals surface area (Å²) >= 11 is 0. The van der Waals surface area contributed by atoms with Gasteiger partial charge in [0.15, 0.2) is 0 Å². The van der Waals surface area contributed by atoms with E-state index in [1.165, 1.54) is 12.8 Å². The fourth-order valence-electron chi connectivity index (χ4n) is 1.05. The zero-order valence-corrected chi connectivity index (χ0v) is 11.7. The Hall–Kier alpha value is -0.680. The lowest BCUT2D eigenvalue weighted by Gasteiger charge is -2.16. The van der Waals surface area contributed by atoms with Crippen LogP contribution in [0, 0.1) is 0 Å². The molecule has 0 saturated carbocycles. The number of aryl methyl sites for hydroxylation is 2. The molecule has 0 radical (unpaired) electrons. The fraction of sp³-hybridized carbons (Fsp3) is 0.700. The standard InChI is InChI=1S/C8H15N2.C2H7O4P/c1-3-4-5-10-7-6-9(2)8-10;1-5-7(3,4)6-2/h6-8H,3-5H2,1-2H3;1-2H3,(H,3,4)/q+1;/p-1. The molecule has 1 heterocycles. The van der Waals surface area contributed by atoms with E-state index >= 15 is 0 Å². The van der Waals surface area contributed by atoms with E-state index in [2.05, 4.69) is 43.8 Å². The van der Waals surface area contributed by atoms with Crippen LogP contribution in [0.3, 0.4) is 0 Å². The SMILES string of the molecule is CCCCn1cc[n+](C)c1.COP(=O)([O-])OC. The molecule has 0 saturated heterocycles. The van der Waals surface area contributed by atoms with Gasteiger partial charge in [0.25, 0.3) is 7.82 Å². The number of phosphoric acid groups is 1. The second-order valence-electron chi connectivity index (χ2n) is 3.48.